The topological polar surface area (TPSA) is 0 Å². The van der Waals surface area contributed by atoms with Gasteiger partial charge in [0.05, 0.1) is 0 Å². The standard InChI is InChI=1S/C15H18/c1-5-14(6-2)15-9-7-13(8-10-15)11-12(3)4/h5-10H,1,3,11H2,2,4H3/b14-6+. The predicted molar refractivity (Wildman–Crippen MR) is 68.8 cm³/mol. The summed E-state index contributed by atoms with van der Waals surface area (Å²) < 4.78 is 0. The number of benzene rings is 1. The fourth-order valence-electron chi connectivity index (χ4n) is 1.57. The molecule has 0 saturated heterocycles. The molecule has 0 aliphatic rings. The van der Waals surface area contributed by atoms with E-state index in [1.54, 1.807) is 0 Å². The Hall–Kier alpha value is -1.56. The summed E-state index contributed by atoms with van der Waals surface area (Å²) in [7, 11) is 0. The van der Waals surface area contributed by atoms with E-state index in [-0.39, 0.29) is 0 Å². The van der Waals surface area contributed by atoms with Crippen molar-refractivity contribution in [1.29, 1.82) is 0 Å². The number of rotatable bonds is 4. The van der Waals surface area contributed by atoms with Gasteiger partial charge in [-0.15, -0.1) is 0 Å². The molecule has 0 N–H and O–H groups in total. The Morgan fingerprint density at radius 1 is 1.27 bits per heavy atom. The number of allylic oxidation sites excluding steroid dienone is 4. The average molecular weight is 198 g/mol. The molecule has 0 aromatic heterocycles. The fraction of sp³-hybridized carbons (Fsp3) is 0.200. The molecule has 0 heteroatoms. The predicted octanol–water partition coefficient (Wildman–Crippen LogP) is 4.39. The minimum Gasteiger partial charge on any atom is -0.0998 e. The second-order valence-corrected chi connectivity index (χ2v) is 3.78. The van der Waals surface area contributed by atoms with Crippen LogP contribution in [0.2, 0.25) is 0 Å². The molecule has 15 heavy (non-hydrogen) atoms. The normalized spacial score (nSPS) is 11.2. The molecule has 0 fully saturated rings. The zero-order valence-electron chi connectivity index (χ0n) is 9.59. The Balaban J connectivity index is 2.89. The van der Waals surface area contributed by atoms with Crippen molar-refractivity contribution in [2.24, 2.45) is 0 Å². The van der Waals surface area contributed by atoms with Crippen LogP contribution in [-0.4, -0.2) is 0 Å². The molecular weight excluding hydrogens is 180 g/mol. The van der Waals surface area contributed by atoms with Crippen molar-refractivity contribution < 1.29 is 0 Å². The van der Waals surface area contributed by atoms with Gasteiger partial charge in [-0.2, -0.15) is 0 Å². The average Bonchev–Trinajstić information content (AvgIpc) is 2.21. The largest absolute Gasteiger partial charge is 0.0998 e. The van der Waals surface area contributed by atoms with Crippen LogP contribution < -0.4 is 0 Å². The highest BCUT2D eigenvalue weighted by atomic mass is 14.0. The van der Waals surface area contributed by atoms with E-state index < -0.39 is 0 Å². The summed E-state index contributed by atoms with van der Waals surface area (Å²) in [5.41, 5.74) is 4.90. The first kappa shape index (κ1) is 11.5. The van der Waals surface area contributed by atoms with Gasteiger partial charge in [-0.1, -0.05) is 55.1 Å². The molecule has 78 valence electrons. The van der Waals surface area contributed by atoms with Crippen LogP contribution in [0, 0.1) is 0 Å². The van der Waals surface area contributed by atoms with Crippen molar-refractivity contribution in [1.82, 2.24) is 0 Å². The molecule has 0 aliphatic carbocycles. The van der Waals surface area contributed by atoms with Crippen LogP contribution >= 0.6 is 0 Å². The van der Waals surface area contributed by atoms with Crippen LogP contribution in [0.1, 0.15) is 25.0 Å². The first-order chi connectivity index (χ1) is 7.17. The second-order valence-electron chi connectivity index (χ2n) is 3.78. The maximum atomic E-state index is 3.91. The highest BCUT2D eigenvalue weighted by Gasteiger charge is 1.97. The summed E-state index contributed by atoms with van der Waals surface area (Å²) in [5.74, 6) is 0. The van der Waals surface area contributed by atoms with Gasteiger partial charge in [0.2, 0.25) is 0 Å². The number of hydrogen-bond acceptors (Lipinski definition) is 0. The fourth-order valence-corrected chi connectivity index (χ4v) is 1.57. The van der Waals surface area contributed by atoms with Crippen molar-refractivity contribution in [3.8, 4) is 0 Å². The van der Waals surface area contributed by atoms with E-state index in [0.717, 1.165) is 6.42 Å². The third kappa shape index (κ3) is 3.25. The molecule has 1 rings (SSSR count). The van der Waals surface area contributed by atoms with Crippen molar-refractivity contribution >= 4 is 5.57 Å². The molecule has 0 spiro atoms. The highest BCUT2D eigenvalue weighted by molar-refractivity contribution is 5.73. The molecule has 0 atom stereocenters. The summed E-state index contributed by atoms with van der Waals surface area (Å²) in [5, 5.41) is 0. The van der Waals surface area contributed by atoms with Crippen LogP contribution in [0.5, 0.6) is 0 Å². The van der Waals surface area contributed by atoms with E-state index in [1.807, 2.05) is 13.0 Å². The zero-order valence-corrected chi connectivity index (χ0v) is 9.59. The smallest absolute Gasteiger partial charge is 0.00726 e. The third-order valence-electron chi connectivity index (χ3n) is 2.32. The van der Waals surface area contributed by atoms with Crippen molar-refractivity contribution in [2.75, 3.05) is 0 Å². The molecule has 0 aliphatic heterocycles. The molecule has 1 aromatic carbocycles. The molecule has 0 nitrogen and oxygen atoms in total. The Morgan fingerprint density at radius 3 is 2.27 bits per heavy atom. The molecular formula is C15H18. The Labute approximate surface area is 92.6 Å². The van der Waals surface area contributed by atoms with E-state index in [1.165, 1.54) is 22.3 Å². The molecule has 0 bridgehead atoms. The SMILES string of the molecule is C=C/C(=C\C)c1ccc(CC(=C)C)cc1. The first-order valence-corrected chi connectivity index (χ1v) is 5.19. The summed E-state index contributed by atoms with van der Waals surface area (Å²) in [6, 6.07) is 8.57. The molecule has 0 radical (unpaired) electrons. The summed E-state index contributed by atoms with van der Waals surface area (Å²) in [6.45, 7) is 11.8. The van der Waals surface area contributed by atoms with Gasteiger partial charge < -0.3 is 0 Å². The summed E-state index contributed by atoms with van der Waals surface area (Å²) in [6.07, 6.45) is 4.91. The van der Waals surface area contributed by atoms with Crippen molar-refractivity contribution in [3.63, 3.8) is 0 Å². The number of hydrogen-bond donors (Lipinski definition) is 0. The molecule has 0 heterocycles. The van der Waals surface area contributed by atoms with Gasteiger partial charge in [-0.3, -0.25) is 0 Å². The minimum absolute atomic E-state index is 0.958. The Kier molecular flexibility index (Phi) is 4.11. The Bertz CT molecular complexity index is 377. The molecule has 0 unspecified atom stereocenters. The van der Waals surface area contributed by atoms with Crippen LogP contribution in [0.25, 0.3) is 5.57 Å². The van der Waals surface area contributed by atoms with Gasteiger partial charge in [0, 0.05) is 0 Å². The van der Waals surface area contributed by atoms with Gasteiger partial charge in [0.1, 0.15) is 0 Å². The highest BCUT2D eigenvalue weighted by Crippen LogP contribution is 2.17. The van der Waals surface area contributed by atoms with E-state index in [4.69, 9.17) is 0 Å². The van der Waals surface area contributed by atoms with Crippen LogP contribution in [0.3, 0.4) is 0 Å². The van der Waals surface area contributed by atoms with E-state index in [2.05, 4.69) is 50.4 Å². The quantitative estimate of drug-likeness (QED) is 0.497. The minimum atomic E-state index is 0.958. The third-order valence-corrected chi connectivity index (χ3v) is 2.32. The first-order valence-electron chi connectivity index (χ1n) is 5.19. The van der Waals surface area contributed by atoms with E-state index in [9.17, 15) is 0 Å². The van der Waals surface area contributed by atoms with Gasteiger partial charge in [0.15, 0.2) is 0 Å². The van der Waals surface area contributed by atoms with Crippen molar-refractivity contribution in [2.45, 2.75) is 20.3 Å². The van der Waals surface area contributed by atoms with Crippen LogP contribution in [0.15, 0.2) is 55.1 Å². The van der Waals surface area contributed by atoms with Gasteiger partial charge in [-0.05, 0) is 37.0 Å². The van der Waals surface area contributed by atoms with Gasteiger partial charge in [-0.25, -0.2) is 0 Å². The zero-order chi connectivity index (χ0) is 11.3. The Morgan fingerprint density at radius 2 is 1.87 bits per heavy atom. The van der Waals surface area contributed by atoms with Crippen molar-refractivity contribution in [3.05, 3.63) is 66.3 Å². The maximum absolute atomic E-state index is 3.91. The lowest BCUT2D eigenvalue weighted by Crippen LogP contribution is -1.87. The molecule has 0 amide bonds. The van der Waals surface area contributed by atoms with Crippen LogP contribution in [0.4, 0.5) is 0 Å². The van der Waals surface area contributed by atoms with E-state index >= 15 is 0 Å². The van der Waals surface area contributed by atoms with Crippen LogP contribution in [-0.2, 0) is 6.42 Å². The summed E-state index contributed by atoms with van der Waals surface area (Å²) in [4.78, 5) is 0. The monoisotopic (exact) mass is 198 g/mol. The lowest BCUT2D eigenvalue weighted by molar-refractivity contribution is 1.15. The lowest BCUT2D eigenvalue weighted by Gasteiger charge is -2.04. The lowest BCUT2D eigenvalue weighted by atomic mass is 10.0. The maximum Gasteiger partial charge on any atom is -0.00726 e. The van der Waals surface area contributed by atoms with Gasteiger partial charge >= 0.3 is 0 Å². The summed E-state index contributed by atoms with van der Waals surface area (Å²) >= 11 is 0. The molecule has 0 saturated carbocycles. The van der Waals surface area contributed by atoms with Gasteiger partial charge in [0.25, 0.3) is 0 Å². The van der Waals surface area contributed by atoms with E-state index in [0.29, 0.717) is 0 Å². The second kappa shape index (κ2) is 5.35. The molecule has 1 aromatic rings.